The lowest BCUT2D eigenvalue weighted by molar-refractivity contribution is -0.385. The molecule has 0 bridgehead atoms. The fourth-order valence-electron chi connectivity index (χ4n) is 1.30. The standard InChI is InChI=1S/C11H14N4O3S/c1-3-12-11(19)14-13-7-8-4-5-10(18-2)9(6-8)15(16)17/h4-7H,3H2,1-2H3,(H2,12,14,19)/b13-7+. The molecule has 0 atom stereocenters. The molecule has 0 heterocycles. The van der Waals surface area contributed by atoms with Crippen LogP contribution in [-0.2, 0) is 0 Å². The molecule has 8 heteroatoms. The molecule has 1 aromatic rings. The third kappa shape index (κ3) is 4.51. The molecule has 0 radical (unpaired) electrons. The van der Waals surface area contributed by atoms with Crippen molar-refractivity contribution in [1.82, 2.24) is 10.7 Å². The second-order valence-corrected chi connectivity index (χ2v) is 3.83. The van der Waals surface area contributed by atoms with Gasteiger partial charge in [-0.25, -0.2) is 0 Å². The largest absolute Gasteiger partial charge is 0.490 e. The van der Waals surface area contributed by atoms with Gasteiger partial charge in [0.25, 0.3) is 0 Å². The number of nitrogens with zero attached hydrogens (tertiary/aromatic N) is 2. The number of hydrogen-bond acceptors (Lipinski definition) is 5. The molecule has 0 amide bonds. The molecule has 0 spiro atoms. The number of hydrogen-bond donors (Lipinski definition) is 2. The van der Waals surface area contributed by atoms with Crippen molar-refractivity contribution in [3.63, 3.8) is 0 Å². The first-order valence-corrected chi connectivity index (χ1v) is 5.88. The first-order chi connectivity index (χ1) is 9.08. The molecule has 0 aliphatic heterocycles. The monoisotopic (exact) mass is 282 g/mol. The first-order valence-electron chi connectivity index (χ1n) is 5.47. The SMILES string of the molecule is CCNC(=S)N/N=C/c1ccc(OC)c([N+](=O)[O-])c1. The van der Waals surface area contributed by atoms with Gasteiger partial charge in [0.05, 0.1) is 18.2 Å². The van der Waals surface area contributed by atoms with E-state index < -0.39 is 4.92 Å². The van der Waals surface area contributed by atoms with E-state index in [2.05, 4.69) is 15.8 Å². The van der Waals surface area contributed by atoms with E-state index in [1.807, 2.05) is 6.92 Å². The minimum absolute atomic E-state index is 0.110. The van der Waals surface area contributed by atoms with Crippen LogP contribution in [0.2, 0.25) is 0 Å². The zero-order valence-corrected chi connectivity index (χ0v) is 11.4. The Hall–Kier alpha value is -2.22. The smallest absolute Gasteiger partial charge is 0.311 e. The average Bonchev–Trinajstić information content (AvgIpc) is 2.38. The highest BCUT2D eigenvalue weighted by Gasteiger charge is 2.14. The van der Waals surface area contributed by atoms with Crippen LogP contribution in [0.4, 0.5) is 5.69 Å². The summed E-state index contributed by atoms with van der Waals surface area (Å²) in [6, 6.07) is 4.55. The summed E-state index contributed by atoms with van der Waals surface area (Å²) >= 11 is 4.91. The van der Waals surface area contributed by atoms with Crippen LogP contribution in [-0.4, -0.2) is 29.9 Å². The van der Waals surface area contributed by atoms with Crippen LogP contribution in [0.25, 0.3) is 0 Å². The van der Waals surface area contributed by atoms with Gasteiger partial charge in [0.1, 0.15) is 0 Å². The molecule has 19 heavy (non-hydrogen) atoms. The lowest BCUT2D eigenvalue weighted by atomic mass is 10.2. The van der Waals surface area contributed by atoms with Crippen molar-refractivity contribution in [3.8, 4) is 5.75 Å². The molecule has 1 rings (SSSR count). The number of thiocarbonyl (C=S) groups is 1. The summed E-state index contributed by atoms with van der Waals surface area (Å²) in [5.74, 6) is 0.207. The fraction of sp³-hybridized carbons (Fsp3) is 0.273. The second kappa shape index (κ2) is 7.27. The van der Waals surface area contributed by atoms with Crippen LogP contribution in [0, 0.1) is 10.1 Å². The topological polar surface area (TPSA) is 88.8 Å². The number of benzene rings is 1. The summed E-state index contributed by atoms with van der Waals surface area (Å²) in [5.41, 5.74) is 3.06. The molecule has 0 aliphatic carbocycles. The van der Waals surface area contributed by atoms with Crippen LogP contribution < -0.4 is 15.5 Å². The van der Waals surface area contributed by atoms with Gasteiger partial charge in [0, 0.05) is 18.2 Å². The number of rotatable bonds is 5. The van der Waals surface area contributed by atoms with E-state index in [9.17, 15) is 10.1 Å². The van der Waals surface area contributed by atoms with Crippen molar-refractivity contribution in [3.05, 3.63) is 33.9 Å². The van der Waals surface area contributed by atoms with Gasteiger partial charge in [-0.15, -0.1) is 0 Å². The molecular formula is C11H14N4O3S. The Labute approximate surface area is 115 Å². The Kier molecular flexibility index (Phi) is 5.68. The van der Waals surface area contributed by atoms with Crippen molar-refractivity contribution in [1.29, 1.82) is 0 Å². The number of hydrazone groups is 1. The Morgan fingerprint density at radius 1 is 1.63 bits per heavy atom. The van der Waals surface area contributed by atoms with E-state index in [1.165, 1.54) is 25.5 Å². The summed E-state index contributed by atoms with van der Waals surface area (Å²) in [4.78, 5) is 10.3. The first kappa shape index (κ1) is 14.8. The summed E-state index contributed by atoms with van der Waals surface area (Å²) in [6.45, 7) is 2.60. The third-order valence-electron chi connectivity index (χ3n) is 2.12. The molecule has 0 aliphatic rings. The zero-order valence-electron chi connectivity index (χ0n) is 10.5. The maximum Gasteiger partial charge on any atom is 0.311 e. The van der Waals surface area contributed by atoms with E-state index in [0.717, 1.165) is 0 Å². The number of nitrogens with one attached hydrogen (secondary N) is 2. The maximum absolute atomic E-state index is 10.8. The van der Waals surface area contributed by atoms with Crippen molar-refractivity contribution in [2.45, 2.75) is 6.92 Å². The van der Waals surface area contributed by atoms with Crippen LogP contribution in [0.5, 0.6) is 5.75 Å². The fourth-order valence-corrected chi connectivity index (χ4v) is 1.49. The molecule has 2 N–H and O–H groups in total. The lowest BCUT2D eigenvalue weighted by Gasteiger charge is -2.03. The summed E-state index contributed by atoms with van der Waals surface area (Å²) in [6.07, 6.45) is 1.44. The van der Waals surface area contributed by atoms with E-state index in [4.69, 9.17) is 17.0 Å². The highest BCUT2D eigenvalue weighted by atomic mass is 32.1. The highest BCUT2D eigenvalue weighted by Crippen LogP contribution is 2.26. The van der Waals surface area contributed by atoms with Crippen molar-refractivity contribution in [2.24, 2.45) is 5.10 Å². The minimum Gasteiger partial charge on any atom is -0.490 e. The van der Waals surface area contributed by atoms with Gasteiger partial charge in [-0.05, 0) is 31.3 Å². The molecule has 102 valence electrons. The molecular weight excluding hydrogens is 268 g/mol. The Morgan fingerprint density at radius 3 is 2.95 bits per heavy atom. The average molecular weight is 282 g/mol. The van der Waals surface area contributed by atoms with Gasteiger partial charge in [0.15, 0.2) is 10.9 Å². The van der Waals surface area contributed by atoms with Crippen molar-refractivity contribution < 1.29 is 9.66 Å². The zero-order chi connectivity index (χ0) is 14.3. The molecule has 0 saturated carbocycles. The summed E-state index contributed by atoms with van der Waals surface area (Å²) in [7, 11) is 1.38. The lowest BCUT2D eigenvalue weighted by Crippen LogP contribution is -2.31. The van der Waals surface area contributed by atoms with E-state index in [-0.39, 0.29) is 11.4 Å². The molecule has 0 unspecified atom stereocenters. The van der Waals surface area contributed by atoms with Crippen molar-refractivity contribution in [2.75, 3.05) is 13.7 Å². The van der Waals surface area contributed by atoms with Crippen LogP contribution in [0.3, 0.4) is 0 Å². The van der Waals surface area contributed by atoms with Crippen LogP contribution >= 0.6 is 12.2 Å². The molecule has 0 aromatic heterocycles. The third-order valence-corrected chi connectivity index (χ3v) is 2.35. The molecule has 0 saturated heterocycles. The second-order valence-electron chi connectivity index (χ2n) is 3.42. The van der Waals surface area contributed by atoms with Crippen LogP contribution in [0.15, 0.2) is 23.3 Å². The Morgan fingerprint density at radius 2 is 2.37 bits per heavy atom. The predicted octanol–water partition coefficient (Wildman–Crippen LogP) is 1.42. The highest BCUT2D eigenvalue weighted by molar-refractivity contribution is 7.80. The summed E-state index contributed by atoms with van der Waals surface area (Å²) in [5, 5.41) is 18.0. The normalized spacial score (nSPS) is 10.2. The number of ether oxygens (including phenoxy) is 1. The quantitative estimate of drug-likeness (QED) is 0.367. The Bertz CT molecular complexity index is 505. The summed E-state index contributed by atoms with van der Waals surface area (Å²) < 4.78 is 4.90. The van der Waals surface area contributed by atoms with E-state index >= 15 is 0 Å². The van der Waals surface area contributed by atoms with Gasteiger partial charge in [0.2, 0.25) is 0 Å². The van der Waals surface area contributed by atoms with Gasteiger partial charge in [-0.2, -0.15) is 5.10 Å². The number of nitro benzene ring substituents is 1. The van der Waals surface area contributed by atoms with Crippen molar-refractivity contribution >= 4 is 29.2 Å². The van der Waals surface area contributed by atoms with Gasteiger partial charge in [-0.3, -0.25) is 15.5 Å². The minimum atomic E-state index is -0.507. The predicted molar refractivity (Wildman–Crippen MR) is 76.7 cm³/mol. The molecule has 1 aromatic carbocycles. The Balaban J connectivity index is 2.79. The number of nitro groups is 1. The van der Waals surface area contributed by atoms with Gasteiger partial charge >= 0.3 is 5.69 Å². The van der Waals surface area contributed by atoms with E-state index in [1.54, 1.807) is 6.07 Å². The van der Waals surface area contributed by atoms with Gasteiger partial charge in [-0.1, -0.05) is 0 Å². The maximum atomic E-state index is 10.8. The van der Waals surface area contributed by atoms with Crippen LogP contribution in [0.1, 0.15) is 12.5 Å². The van der Waals surface area contributed by atoms with E-state index in [0.29, 0.717) is 17.2 Å². The van der Waals surface area contributed by atoms with Gasteiger partial charge < -0.3 is 10.1 Å². The molecule has 0 fully saturated rings. The number of methoxy groups -OCH3 is 1. The molecule has 7 nitrogen and oxygen atoms in total.